The number of aromatic nitrogens is 1. The van der Waals surface area contributed by atoms with Crippen molar-refractivity contribution in [3.63, 3.8) is 0 Å². The van der Waals surface area contributed by atoms with Crippen LogP contribution >= 0.6 is 0 Å². The molecule has 1 aliphatic rings. The minimum absolute atomic E-state index is 0.179. The van der Waals surface area contributed by atoms with Crippen molar-refractivity contribution in [2.45, 2.75) is 64.0 Å². The number of aliphatic hydroxyl groups is 1. The molecule has 0 atom stereocenters. The second-order valence-electron chi connectivity index (χ2n) is 8.52. The lowest BCUT2D eigenvalue weighted by molar-refractivity contribution is 0.126. The van der Waals surface area contributed by atoms with E-state index in [0.29, 0.717) is 11.6 Å². The lowest BCUT2D eigenvalue weighted by Crippen LogP contribution is -2.28. The molecule has 1 heterocycles. The van der Waals surface area contributed by atoms with Gasteiger partial charge in [-0.1, -0.05) is 37.6 Å². The summed E-state index contributed by atoms with van der Waals surface area (Å²) in [7, 11) is 2.16. The largest absolute Gasteiger partial charge is 0.393 e. The number of fused-ring (bicyclic) bond motifs is 1. The molecular formula is C26H31N3O. The molecular weight excluding hydrogens is 370 g/mol. The van der Waals surface area contributed by atoms with Crippen molar-refractivity contribution in [1.29, 1.82) is 5.26 Å². The molecule has 4 nitrogen and oxygen atoms in total. The molecule has 1 aromatic heterocycles. The third-order valence-electron chi connectivity index (χ3n) is 6.48. The van der Waals surface area contributed by atoms with Gasteiger partial charge in [0, 0.05) is 35.2 Å². The van der Waals surface area contributed by atoms with Crippen LogP contribution in [0.5, 0.6) is 0 Å². The summed E-state index contributed by atoms with van der Waals surface area (Å²) in [6.07, 6.45) is 6.70. The first-order valence-corrected chi connectivity index (χ1v) is 11.2. The normalized spacial score (nSPS) is 19.0. The number of para-hydroxylation sites is 1. The van der Waals surface area contributed by atoms with Gasteiger partial charge in [0.05, 0.1) is 17.4 Å². The van der Waals surface area contributed by atoms with E-state index in [0.717, 1.165) is 56.2 Å². The summed E-state index contributed by atoms with van der Waals surface area (Å²) in [5.74, 6) is 0. The Kier molecular flexibility index (Phi) is 6.11. The monoisotopic (exact) mass is 401 g/mol. The highest BCUT2D eigenvalue weighted by Gasteiger charge is 2.21. The van der Waals surface area contributed by atoms with Gasteiger partial charge in [-0.05, 0) is 62.3 Å². The lowest BCUT2D eigenvalue weighted by atomic mass is 9.92. The van der Waals surface area contributed by atoms with Gasteiger partial charge in [-0.15, -0.1) is 0 Å². The molecule has 0 bridgehead atoms. The van der Waals surface area contributed by atoms with E-state index in [2.05, 4.69) is 66.3 Å². The molecule has 0 amide bonds. The molecule has 156 valence electrons. The first-order chi connectivity index (χ1) is 14.6. The zero-order valence-electron chi connectivity index (χ0n) is 18.0. The Balaban J connectivity index is 1.77. The summed E-state index contributed by atoms with van der Waals surface area (Å²) in [6, 6.07) is 17.4. The number of benzene rings is 2. The Morgan fingerprint density at radius 1 is 1.13 bits per heavy atom. The SMILES string of the molecule is CCCCc1c(-c2ccc(C#N)c(NC3CCC(O)CC3)c2)c2ccccc2n1C. The zero-order chi connectivity index (χ0) is 21.1. The number of aryl methyl sites for hydroxylation is 1. The average molecular weight is 402 g/mol. The minimum atomic E-state index is -0.179. The maximum absolute atomic E-state index is 9.81. The van der Waals surface area contributed by atoms with Gasteiger partial charge in [0.15, 0.2) is 0 Å². The number of hydrogen-bond acceptors (Lipinski definition) is 3. The number of hydrogen-bond donors (Lipinski definition) is 2. The van der Waals surface area contributed by atoms with Crippen LogP contribution < -0.4 is 5.32 Å². The maximum atomic E-state index is 9.81. The van der Waals surface area contributed by atoms with Gasteiger partial charge in [-0.3, -0.25) is 0 Å². The molecule has 1 fully saturated rings. The van der Waals surface area contributed by atoms with Crippen LogP contribution in [0.1, 0.15) is 56.7 Å². The molecule has 0 unspecified atom stereocenters. The second kappa shape index (κ2) is 8.93. The van der Waals surface area contributed by atoms with Crippen molar-refractivity contribution in [3.8, 4) is 17.2 Å². The van der Waals surface area contributed by atoms with Gasteiger partial charge >= 0.3 is 0 Å². The molecule has 2 aromatic carbocycles. The third-order valence-corrected chi connectivity index (χ3v) is 6.48. The van der Waals surface area contributed by atoms with Crippen molar-refractivity contribution in [3.05, 3.63) is 53.7 Å². The van der Waals surface area contributed by atoms with Crippen molar-refractivity contribution in [1.82, 2.24) is 4.57 Å². The topological polar surface area (TPSA) is 61.0 Å². The summed E-state index contributed by atoms with van der Waals surface area (Å²) in [5, 5.41) is 24.3. The van der Waals surface area contributed by atoms with E-state index >= 15 is 0 Å². The van der Waals surface area contributed by atoms with E-state index in [9.17, 15) is 10.4 Å². The molecule has 0 saturated heterocycles. The van der Waals surface area contributed by atoms with E-state index in [1.54, 1.807) is 0 Å². The van der Waals surface area contributed by atoms with Crippen LogP contribution in [0.3, 0.4) is 0 Å². The summed E-state index contributed by atoms with van der Waals surface area (Å²) < 4.78 is 2.33. The van der Waals surface area contributed by atoms with Gasteiger partial charge in [-0.2, -0.15) is 5.26 Å². The third kappa shape index (κ3) is 3.95. The molecule has 0 radical (unpaired) electrons. The predicted octanol–water partition coefficient (Wildman–Crippen LogP) is 5.77. The standard InChI is InChI=1S/C26H31N3O/c1-3-4-8-25-26(22-7-5-6-9-24(22)29(25)2)18-10-11-19(17-27)23(16-18)28-20-12-14-21(30)15-13-20/h5-7,9-11,16,20-21,28,30H,3-4,8,12-15H2,1-2H3. The molecule has 4 rings (SSSR count). The van der Waals surface area contributed by atoms with Crippen molar-refractivity contribution < 1.29 is 5.11 Å². The predicted molar refractivity (Wildman–Crippen MR) is 124 cm³/mol. The van der Waals surface area contributed by atoms with Gasteiger partial charge in [0.1, 0.15) is 6.07 Å². The van der Waals surface area contributed by atoms with Crippen LogP contribution in [0.2, 0.25) is 0 Å². The number of aliphatic hydroxyl groups excluding tert-OH is 1. The van der Waals surface area contributed by atoms with Crippen LogP contribution in [0.15, 0.2) is 42.5 Å². The van der Waals surface area contributed by atoms with E-state index in [1.165, 1.54) is 22.2 Å². The highest BCUT2D eigenvalue weighted by atomic mass is 16.3. The summed E-state index contributed by atoms with van der Waals surface area (Å²) >= 11 is 0. The first-order valence-electron chi connectivity index (χ1n) is 11.2. The summed E-state index contributed by atoms with van der Waals surface area (Å²) in [4.78, 5) is 0. The molecule has 0 aliphatic heterocycles. The molecule has 4 heteroatoms. The fourth-order valence-corrected chi connectivity index (χ4v) is 4.76. The molecule has 0 spiro atoms. The lowest BCUT2D eigenvalue weighted by Gasteiger charge is -2.27. The molecule has 1 saturated carbocycles. The summed E-state index contributed by atoms with van der Waals surface area (Å²) in [6.45, 7) is 2.23. The summed E-state index contributed by atoms with van der Waals surface area (Å²) in [5.41, 5.74) is 6.64. The maximum Gasteiger partial charge on any atom is 0.101 e. The Labute approximate surface area is 179 Å². The minimum Gasteiger partial charge on any atom is -0.393 e. The Hall–Kier alpha value is -2.77. The van der Waals surface area contributed by atoms with E-state index in [1.807, 2.05) is 6.07 Å². The van der Waals surface area contributed by atoms with Crippen LogP contribution in [-0.2, 0) is 13.5 Å². The number of nitrogens with one attached hydrogen (secondary N) is 1. The van der Waals surface area contributed by atoms with Crippen LogP contribution in [0.4, 0.5) is 5.69 Å². The van der Waals surface area contributed by atoms with Crippen molar-refractivity contribution >= 4 is 16.6 Å². The van der Waals surface area contributed by atoms with Crippen molar-refractivity contribution in [2.75, 3.05) is 5.32 Å². The average Bonchev–Trinajstić information content (AvgIpc) is 3.05. The quantitative estimate of drug-likeness (QED) is 0.551. The second-order valence-corrected chi connectivity index (χ2v) is 8.52. The fraction of sp³-hybridized carbons (Fsp3) is 0.423. The van der Waals surface area contributed by atoms with Crippen LogP contribution in [0.25, 0.3) is 22.0 Å². The Morgan fingerprint density at radius 2 is 1.90 bits per heavy atom. The number of nitrogens with zero attached hydrogens (tertiary/aromatic N) is 2. The molecule has 1 aliphatic carbocycles. The molecule has 2 N–H and O–H groups in total. The fourth-order valence-electron chi connectivity index (χ4n) is 4.76. The number of unbranched alkanes of at least 4 members (excludes halogenated alkanes) is 1. The Morgan fingerprint density at radius 3 is 2.63 bits per heavy atom. The van der Waals surface area contributed by atoms with E-state index in [4.69, 9.17) is 0 Å². The number of nitriles is 1. The van der Waals surface area contributed by atoms with Gasteiger partial charge in [0.25, 0.3) is 0 Å². The van der Waals surface area contributed by atoms with Crippen LogP contribution in [0, 0.1) is 11.3 Å². The van der Waals surface area contributed by atoms with E-state index in [-0.39, 0.29) is 6.10 Å². The molecule has 3 aromatic rings. The van der Waals surface area contributed by atoms with Gasteiger partial charge in [-0.25, -0.2) is 0 Å². The Bertz CT molecular complexity index is 1070. The van der Waals surface area contributed by atoms with Crippen LogP contribution in [-0.4, -0.2) is 21.8 Å². The van der Waals surface area contributed by atoms with Gasteiger partial charge in [0.2, 0.25) is 0 Å². The zero-order valence-corrected chi connectivity index (χ0v) is 18.0. The smallest absolute Gasteiger partial charge is 0.101 e. The highest BCUT2D eigenvalue weighted by molar-refractivity contribution is 5.98. The highest BCUT2D eigenvalue weighted by Crippen LogP contribution is 2.37. The first kappa shape index (κ1) is 20.5. The molecule has 30 heavy (non-hydrogen) atoms. The van der Waals surface area contributed by atoms with Crippen molar-refractivity contribution in [2.24, 2.45) is 7.05 Å². The van der Waals surface area contributed by atoms with E-state index < -0.39 is 0 Å². The number of rotatable bonds is 6. The number of anilines is 1. The van der Waals surface area contributed by atoms with Gasteiger partial charge < -0.3 is 15.0 Å².